The normalized spacial score (nSPS) is 25.4. The van der Waals surface area contributed by atoms with Gasteiger partial charge in [0.25, 0.3) is 0 Å². The molecular formula is C21H33N3O3. The van der Waals surface area contributed by atoms with Crippen molar-refractivity contribution < 1.29 is 14.3 Å². The molecule has 2 aliphatic rings. The molecular weight excluding hydrogens is 342 g/mol. The molecule has 0 N–H and O–H groups in total. The van der Waals surface area contributed by atoms with E-state index >= 15 is 0 Å². The zero-order valence-electron chi connectivity index (χ0n) is 16.7. The van der Waals surface area contributed by atoms with Gasteiger partial charge in [-0.3, -0.25) is 9.78 Å². The average molecular weight is 376 g/mol. The minimum atomic E-state index is -0.130. The van der Waals surface area contributed by atoms with Gasteiger partial charge in [-0.25, -0.2) is 0 Å². The summed E-state index contributed by atoms with van der Waals surface area (Å²) < 4.78 is 11.4. The highest BCUT2D eigenvalue weighted by Gasteiger charge is 2.44. The number of likely N-dealkylation sites (tertiary alicyclic amines) is 1. The molecule has 1 spiro atoms. The largest absolute Gasteiger partial charge is 0.383 e. The van der Waals surface area contributed by atoms with Crippen molar-refractivity contribution in [2.75, 3.05) is 53.6 Å². The smallest absolute Gasteiger partial charge is 0.223 e. The molecule has 1 aromatic heterocycles. The van der Waals surface area contributed by atoms with E-state index in [2.05, 4.69) is 16.9 Å². The van der Waals surface area contributed by atoms with E-state index < -0.39 is 0 Å². The van der Waals surface area contributed by atoms with Crippen LogP contribution in [0.25, 0.3) is 0 Å². The van der Waals surface area contributed by atoms with Crippen LogP contribution in [0.3, 0.4) is 0 Å². The highest BCUT2D eigenvalue weighted by molar-refractivity contribution is 5.76. The van der Waals surface area contributed by atoms with E-state index in [9.17, 15) is 4.79 Å². The molecule has 2 saturated heterocycles. The molecule has 6 heteroatoms. The molecule has 6 nitrogen and oxygen atoms in total. The van der Waals surface area contributed by atoms with Crippen LogP contribution in [0.1, 0.15) is 31.2 Å². The van der Waals surface area contributed by atoms with Crippen LogP contribution in [0.5, 0.6) is 0 Å². The third kappa shape index (κ3) is 5.74. The van der Waals surface area contributed by atoms with E-state index in [1.807, 2.05) is 23.2 Å². The fraction of sp³-hybridized carbons (Fsp3) is 0.714. The minimum absolute atomic E-state index is 0.130. The Labute approximate surface area is 162 Å². The van der Waals surface area contributed by atoms with Crippen molar-refractivity contribution in [3.63, 3.8) is 0 Å². The summed E-state index contributed by atoms with van der Waals surface area (Å²) in [5.41, 5.74) is 0.989. The fourth-order valence-electron chi connectivity index (χ4n) is 4.39. The average Bonchev–Trinajstić information content (AvgIpc) is 3.06. The molecule has 3 heterocycles. The summed E-state index contributed by atoms with van der Waals surface area (Å²) in [5, 5.41) is 0. The van der Waals surface area contributed by atoms with Crippen LogP contribution in [-0.2, 0) is 20.7 Å². The Bertz CT molecular complexity index is 598. The van der Waals surface area contributed by atoms with Gasteiger partial charge in [-0.2, -0.15) is 0 Å². The maximum absolute atomic E-state index is 12.7. The lowest BCUT2D eigenvalue weighted by Crippen LogP contribution is -2.50. The molecule has 2 atom stereocenters. The Balaban J connectivity index is 1.48. The van der Waals surface area contributed by atoms with Crippen LogP contribution in [0.4, 0.5) is 0 Å². The first-order valence-corrected chi connectivity index (χ1v) is 10.1. The van der Waals surface area contributed by atoms with Gasteiger partial charge in [0.15, 0.2) is 0 Å². The van der Waals surface area contributed by atoms with Crippen molar-refractivity contribution in [2.45, 2.75) is 37.7 Å². The molecule has 3 rings (SSSR count). The Morgan fingerprint density at radius 1 is 1.52 bits per heavy atom. The number of hydrogen-bond acceptors (Lipinski definition) is 5. The first-order chi connectivity index (χ1) is 13.1. The van der Waals surface area contributed by atoms with E-state index in [-0.39, 0.29) is 11.5 Å². The first-order valence-electron chi connectivity index (χ1n) is 10.1. The zero-order valence-corrected chi connectivity index (χ0v) is 16.7. The third-order valence-electron chi connectivity index (χ3n) is 5.78. The number of pyridine rings is 1. The maximum Gasteiger partial charge on any atom is 0.223 e. The second-order valence-corrected chi connectivity index (χ2v) is 8.10. The predicted molar refractivity (Wildman–Crippen MR) is 105 cm³/mol. The first kappa shape index (κ1) is 20.2. The summed E-state index contributed by atoms with van der Waals surface area (Å²) in [7, 11) is 3.88. The Morgan fingerprint density at radius 3 is 3.19 bits per heavy atom. The Kier molecular flexibility index (Phi) is 7.21. The summed E-state index contributed by atoms with van der Waals surface area (Å²) in [5.74, 6) is 0.777. The van der Waals surface area contributed by atoms with Crippen LogP contribution in [0, 0.1) is 5.92 Å². The van der Waals surface area contributed by atoms with Crippen molar-refractivity contribution in [2.24, 2.45) is 5.92 Å². The van der Waals surface area contributed by atoms with Crippen LogP contribution in [0.2, 0.25) is 0 Å². The van der Waals surface area contributed by atoms with Crippen LogP contribution in [-0.4, -0.2) is 79.8 Å². The van der Waals surface area contributed by atoms with Gasteiger partial charge < -0.3 is 19.3 Å². The number of carbonyl (C=O) groups excluding carboxylic acids is 1. The number of carbonyl (C=O) groups is 1. The van der Waals surface area contributed by atoms with Crippen molar-refractivity contribution >= 4 is 5.91 Å². The number of ether oxygens (including phenoxy) is 2. The van der Waals surface area contributed by atoms with E-state index in [4.69, 9.17) is 9.47 Å². The number of nitrogens with zero attached hydrogens (tertiary/aromatic N) is 3. The molecule has 27 heavy (non-hydrogen) atoms. The van der Waals surface area contributed by atoms with E-state index in [0.29, 0.717) is 12.3 Å². The second kappa shape index (κ2) is 9.62. The predicted octanol–water partition coefficient (Wildman–Crippen LogP) is 1.99. The fourth-order valence-corrected chi connectivity index (χ4v) is 4.39. The monoisotopic (exact) mass is 375 g/mol. The van der Waals surface area contributed by atoms with Gasteiger partial charge in [-0.15, -0.1) is 0 Å². The highest BCUT2D eigenvalue weighted by atomic mass is 16.5. The minimum Gasteiger partial charge on any atom is -0.383 e. The number of amides is 1. The van der Waals surface area contributed by atoms with Gasteiger partial charge in [0.05, 0.1) is 18.8 Å². The molecule has 2 fully saturated rings. The topological polar surface area (TPSA) is 54.9 Å². The SMILES string of the molecule is COCCN(C)C[C@@H]1CO[C@@]2(CCCN(C(=O)CCc3cccnc3)C2)C1. The summed E-state index contributed by atoms with van der Waals surface area (Å²) in [6.07, 6.45) is 8.06. The number of piperidine rings is 1. The summed E-state index contributed by atoms with van der Waals surface area (Å²) in [6.45, 7) is 5.13. The van der Waals surface area contributed by atoms with Crippen molar-refractivity contribution in [1.29, 1.82) is 0 Å². The van der Waals surface area contributed by atoms with Crippen LogP contribution < -0.4 is 0 Å². The molecule has 150 valence electrons. The molecule has 0 radical (unpaired) electrons. The Hall–Kier alpha value is -1.50. The molecule has 0 aliphatic carbocycles. The lowest BCUT2D eigenvalue weighted by Gasteiger charge is -2.40. The summed E-state index contributed by atoms with van der Waals surface area (Å²) >= 11 is 0. The molecule has 0 bridgehead atoms. The second-order valence-electron chi connectivity index (χ2n) is 8.10. The third-order valence-corrected chi connectivity index (χ3v) is 5.78. The number of rotatable bonds is 8. The van der Waals surface area contributed by atoms with E-state index in [1.165, 1.54) is 0 Å². The lowest BCUT2D eigenvalue weighted by atomic mass is 9.86. The molecule has 0 unspecified atom stereocenters. The zero-order chi connectivity index (χ0) is 19.1. The number of likely N-dealkylation sites (N-methyl/N-ethyl adjacent to an activating group) is 1. The highest BCUT2D eigenvalue weighted by Crippen LogP contribution is 2.37. The van der Waals surface area contributed by atoms with Crippen molar-refractivity contribution in [3.8, 4) is 0 Å². The quantitative estimate of drug-likeness (QED) is 0.696. The lowest BCUT2D eigenvalue weighted by molar-refractivity contribution is -0.139. The van der Waals surface area contributed by atoms with E-state index in [1.54, 1.807) is 13.3 Å². The van der Waals surface area contributed by atoms with Gasteiger partial charge in [0.2, 0.25) is 5.91 Å². The van der Waals surface area contributed by atoms with E-state index in [0.717, 1.165) is 70.6 Å². The van der Waals surface area contributed by atoms with Gasteiger partial charge >= 0.3 is 0 Å². The summed E-state index contributed by atoms with van der Waals surface area (Å²) in [6, 6.07) is 3.95. The van der Waals surface area contributed by atoms with Crippen molar-refractivity contribution in [3.05, 3.63) is 30.1 Å². The van der Waals surface area contributed by atoms with Crippen molar-refractivity contribution in [1.82, 2.24) is 14.8 Å². The standard InChI is InChI=1S/C21H33N3O3/c1-23(11-12-26-2)15-19-13-21(27-16-19)8-4-10-24(17-21)20(25)7-6-18-5-3-9-22-14-18/h3,5,9,14,19H,4,6-8,10-13,15-17H2,1-2H3/t19-,21+/m1/s1. The Morgan fingerprint density at radius 2 is 2.41 bits per heavy atom. The maximum atomic E-state index is 12.7. The number of methoxy groups -OCH3 is 1. The molecule has 0 saturated carbocycles. The number of hydrogen-bond donors (Lipinski definition) is 0. The van der Waals surface area contributed by atoms with Crippen LogP contribution in [0.15, 0.2) is 24.5 Å². The summed E-state index contributed by atoms with van der Waals surface area (Å²) in [4.78, 5) is 21.2. The van der Waals surface area contributed by atoms with Crippen LogP contribution >= 0.6 is 0 Å². The number of aromatic nitrogens is 1. The van der Waals surface area contributed by atoms with Gasteiger partial charge in [0.1, 0.15) is 0 Å². The molecule has 2 aliphatic heterocycles. The molecule has 1 aromatic rings. The number of aryl methyl sites for hydroxylation is 1. The van der Waals surface area contributed by atoms with Gasteiger partial charge in [-0.05, 0) is 50.3 Å². The van der Waals surface area contributed by atoms with Gasteiger partial charge in [0, 0.05) is 52.1 Å². The van der Waals surface area contributed by atoms with Gasteiger partial charge in [-0.1, -0.05) is 6.07 Å². The molecule has 0 aromatic carbocycles. The molecule has 1 amide bonds.